The second-order valence-electron chi connectivity index (χ2n) is 12.0. The maximum atomic E-state index is 6.71. The maximum Gasteiger partial charge on any atom is 0.134 e. The Morgan fingerprint density at radius 2 is 1.50 bits per heavy atom. The molecule has 0 amide bonds. The van der Waals surface area contributed by atoms with Gasteiger partial charge in [-0.05, 0) is 104 Å². The van der Waals surface area contributed by atoms with Gasteiger partial charge in [-0.1, -0.05) is 63.6 Å². The molecule has 0 aromatic heterocycles. The molecule has 0 radical (unpaired) electrons. The second-order valence-corrected chi connectivity index (χ2v) is 12.0. The Hall–Kier alpha value is -3.92. The molecule has 4 nitrogen and oxygen atoms in total. The quantitative estimate of drug-likeness (QED) is 0.232. The van der Waals surface area contributed by atoms with Gasteiger partial charge in [0, 0.05) is 28.4 Å². The van der Waals surface area contributed by atoms with Crippen LogP contribution in [-0.2, 0) is 5.41 Å². The Bertz CT molecular complexity index is 1480. The SMILES string of the molecule is Cc1cc(C2(c3cccc(C)c3Oc3ccc(N)cc3)CC(C)CCC2C(C)C)ccc1Oc1cccc(N)c1. The number of aryl methyl sites for hydroxylation is 2. The molecule has 208 valence electrons. The molecule has 1 aliphatic carbocycles. The van der Waals surface area contributed by atoms with Crippen LogP contribution >= 0.6 is 0 Å². The molecule has 0 heterocycles. The zero-order valence-corrected chi connectivity index (χ0v) is 24.4. The first-order valence-electron chi connectivity index (χ1n) is 14.5. The molecule has 4 N–H and O–H groups in total. The van der Waals surface area contributed by atoms with Crippen LogP contribution in [0.1, 0.15) is 62.3 Å². The van der Waals surface area contributed by atoms with Crippen LogP contribution < -0.4 is 20.9 Å². The lowest BCUT2D eigenvalue weighted by Crippen LogP contribution is -2.44. The molecule has 3 unspecified atom stereocenters. The van der Waals surface area contributed by atoms with E-state index in [4.69, 9.17) is 20.9 Å². The maximum absolute atomic E-state index is 6.71. The van der Waals surface area contributed by atoms with E-state index in [9.17, 15) is 0 Å². The Morgan fingerprint density at radius 3 is 2.20 bits per heavy atom. The highest BCUT2D eigenvalue weighted by Gasteiger charge is 2.48. The molecule has 1 saturated carbocycles. The molecule has 3 atom stereocenters. The van der Waals surface area contributed by atoms with E-state index in [2.05, 4.69) is 71.0 Å². The predicted octanol–water partition coefficient (Wildman–Crippen LogP) is 9.43. The summed E-state index contributed by atoms with van der Waals surface area (Å²) in [6.07, 6.45) is 3.47. The van der Waals surface area contributed by atoms with Crippen molar-refractivity contribution in [2.75, 3.05) is 11.5 Å². The van der Waals surface area contributed by atoms with Gasteiger partial charge >= 0.3 is 0 Å². The topological polar surface area (TPSA) is 70.5 Å². The number of hydrogen-bond acceptors (Lipinski definition) is 4. The van der Waals surface area contributed by atoms with Crippen molar-refractivity contribution >= 4 is 11.4 Å². The Balaban J connectivity index is 1.66. The predicted molar refractivity (Wildman–Crippen MR) is 166 cm³/mol. The summed E-state index contributed by atoms with van der Waals surface area (Å²) < 4.78 is 13.0. The van der Waals surface area contributed by atoms with E-state index in [-0.39, 0.29) is 5.41 Å². The fraction of sp³-hybridized carbons (Fsp3) is 0.333. The molecule has 0 spiro atoms. The van der Waals surface area contributed by atoms with E-state index >= 15 is 0 Å². The summed E-state index contributed by atoms with van der Waals surface area (Å²) in [5.74, 6) is 4.88. The van der Waals surface area contributed by atoms with Crippen LogP contribution in [0.3, 0.4) is 0 Å². The fourth-order valence-electron chi connectivity index (χ4n) is 6.75. The fourth-order valence-corrected chi connectivity index (χ4v) is 6.75. The summed E-state index contributed by atoms with van der Waals surface area (Å²) in [6, 6.07) is 28.6. The minimum Gasteiger partial charge on any atom is -0.457 e. The Labute approximate surface area is 239 Å². The van der Waals surface area contributed by atoms with Gasteiger partial charge in [0.15, 0.2) is 0 Å². The first-order chi connectivity index (χ1) is 19.2. The van der Waals surface area contributed by atoms with Crippen molar-refractivity contribution in [2.24, 2.45) is 17.8 Å². The van der Waals surface area contributed by atoms with Gasteiger partial charge in [-0.3, -0.25) is 0 Å². The van der Waals surface area contributed by atoms with Crippen molar-refractivity contribution in [3.63, 3.8) is 0 Å². The lowest BCUT2D eigenvalue weighted by Gasteiger charge is -2.50. The summed E-state index contributed by atoms with van der Waals surface area (Å²) in [5.41, 5.74) is 18.0. The van der Waals surface area contributed by atoms with Crippen LogP contribution in [0.25, 0.3) is 0 Å². The molecule has 0 bridgehead atoms. The number of rotatable bonds is 7. The normalized spacial score (nSPS) is 20.9. The minimum atomic E-state index is -0.207. The first-order valence-corrected chi connectivity index (χ1v) is 14.5. The highest BCUT2D eigenvalue weighted by Crippen LogP contribution is 2.56. The lowest BCUT2D eigenvalue weighted by atomic mass is 9.54. The average molecular weight is 535 g/mol. The van der Waals surface area contributed by atoms with Gasteiger partial charge in [0.2, 0.25) is 0 Å². The third-order valence-electron chi connectivity index (χ3n) is 8.65. The highest BCUT2D eigenvalue weighted by molar-refractivity contribution is 5.56. The molecule has 4 aromatic rings. The molecule has 0 saturated heterocycles. The van der Waals surface area contributed by atoms with Crippen molar-refractivity contribution < 1.29 is 9.47 Å². The average Bonchev–Trinajstić information content (AvgIpc) is 2.92. The number of hydrogen-bond donors (Lipinski definition) is 2. The third-order valence-corrected chi connectivity index (χ3v) is 8.65. The molecule has 1 aliphatic rings. The lowest BCUT2D eigenvalue weighted by molar-refractivity contribution is 0.133. The number of nitrogens with two attached hydrogens (primary N) is 2. The number of para-hydroxylation sites is 1. The standard InChI is InChI=1S/C36H42N2O2/c1-23(2)32-18-12-24(3)22-36(32,27-13-19-34(26(5)20-27)39-31-10-7-9-29(38)21-31)33-11-6-8-25(4)35(33)40-30-16-14-28(37)15-17-30/h6-11,13-17,19-21,23-24,32H,12,18,22,37-38H2,1-5H3. The Morgan fingerprint density at radius 1 is 0.750 bits per heavy atom. The van der Waals surface area contributed by atoms with Crippen LogP contribution in [0.2, 0.25) is 0 Å². The molecule has 5 rings (SSSR count). The van der Waals surface area contributed by atoms with Crippen LogP contribution in [0, 0.1) is 31.6 Å². The van der Waals surface area contributed by atoms with Crippen LogP contribution in [0.5, 0.6) is 23.0 Å². The second kappa shape index (κ2) is 11.3. The van der Waals surface area contributed by atoms with Crippen LogP contribution in [0.15, 0.2) is 84.9 Å². The molecule has 40 heavy (non-hydrogen) atoms. The molecular weight excluding hydrogens is 492 g/mol. The van der Waals surface area contributed by atoms with E-state index < -0.39 is 0 Å². The van der Waals surface area contributed by atoms with Crippen molar-refractivity contribution in [1.82, 2.24) is 0 Å². The van der Waals surface area contributed by atoms with Crippen molar-refractivity contribution in [3.8, 4) is 23.0 Å². The van der Waals surface area contributed by atoms with Gasteiger partial charge in [0.1, 0.15) is 23.0 Å². The van der Waals surface area contributed by atoms with Crippen molar-refractivity contribution in [2.45, 2.75) is 59.3 Å². The summed E-state index contributed by atoms with van der Waals surface area (Å²) >= 11 is 0. The zero-order valence-electron chi connectivity index (χ0n) is 24.4. The summed E-state index contributed by atoms with van der Waals surface area (Å²) in [7, 11) is 0. The van der Waals surface area contributed by atoms with Gasteiger partial charge in [-0.25, -0.2) is 0 Å². The Kier molecular flexibility index (Phi) is 7.80. The van der Waals surface area contributed by atoms with Gasteiger partial charge < -0.3 is 20.9 Å². The molecule has 4 aromatic carbocycles. The smallest absolute Gasteiger partial charge is 0.134 e. The largest absolute Gasteiger partial charge is 0.457 e. The van der Waals surface area contributed by atoms with E-state index in [0.29, 0.717) is 23.4 Å². The molecule has 1 fully saturated rings. The molecule has 0 aliphatic heterocycles. The van der Waals surface area contributed by atoms with E-state index in [1.807, 2.05) is 48.5 Å². The summed E-state index contributed by atoms with van der Waals surface area (Å²) in [4.78, 5) is 0. The van der Waals surface area contributed by atoms with Gasteiger partial charge in [0.25, 0.3) is 0 Å². The number of anilines is 2. The van der Waals surface area contributed by atoms with Crippen molar-refractivity contribution in [1.29, 1.82) is 0 Å². The van der Waals surface area contributed by atoms with E-state index in [1.165, 1.54) is 24.0 Å². The number of nitrogen functional groups attached to an aromatic ring is 2. The van der Waals surface area contributed by atoms with Gasteiger partial charge in [-0.2, -0.15) is 0 Å². The first kappa shape index (κ1) is 27.6. The highest BCUT2D eigenvalue weighted by atomic mass is 16.5. The number of ether oxygens (including phenoxy) is 2. The summed E-state index contributed by atoms with van der Waals surface area (Å²) in [6.45, 7) is 11.4. The van der Waals surface area contributed by atoms with Gasteiger partial charge in [0.05, 0.1) is 0 Å². The number of benzene rings is 4. The molecular formula is C36H42N2O2. The zero-order chi connectivity index (χ0) is 28.4. The van der Waals surface area contributed by atoms with E-state index in [1.54, 1.807) is 0 Å². The third kappa shape index (κ3) is 5.40. The van der Waals surface area contributed by atoms with Crippen LogP contribution in [0.4, 0.5) is 11.4 Å². The van der Waals surface area contributed by atoms with Crippen LogP contribution in [-0.4, -0.2) is 0 Å². The minimum absolute atomic E-state index is 0.207. The monoisotopic (exact) mass is 534 g/mol. The van der Waals surface area contributed by atoms with Crippen molar-refractivity contribution in [3.05, 3.63) is 107 Å². The molecule has 4 heteroatoms. The summed E-state index contributed by atoms with van der Waals surface area (Å²) in [5, 5.41) is 0. The van der Waals surface area contributed by atoms with E-state index in [0.717, 1.165) is 46.2 Å². The van der Waals surface area contributed by atoms with Gasteiger partial charge in [-0.15, -0.1) is 0 Å².